The van der Waals surface area contributed by atoms with Gasteiger partial charge in [-0.2, -0.15) is 0 Å². The van der Waals surface area contributed by atoms with Gasteiger partial charge in [-0.05, 0) is 37.7 Å². The van der Waals surface area contributed by atoms with Crippen LogP contribution in [0.25, 0.3) is 0 Å². The number of nitrogens with zero attached hydrogens (tertiary/aromatic N) is 1. The fourth-order valence-corrected chi connectivity index (χ4v) is 6.97. The van der Waals surface area contributed by atoms with Crippen molar-refractivity contribution in [2.24, 2.45) is 16.7 Å². The molecule has 1 unspecified atom stereocenters. The van der Waals surface area contributed by atoms with Crippen LogP contribution in [0.4, 0.5) is 0 Å². The van der Waals surface area contributed by atoms with Gasteiger partial charge in [0.15, 0.2) is 5.76 Å². The molecule has 9 heteroatoms. The zero-order valence-electron chi connectivity index (χ0n) is 22.5. The summed E-state index contributed by atoms with van der Waals surface area (Å²) in [7, 11) is 1.47. The second-order valence-electron chi connectivity index (χ2n) is 11.0. The lowest BCUT2D eigenvalue weighted by Crippen LogP contribution is -2.57. The summed E-state index contributed by atoms with van der Waals surface area (Å²) in [6.07, 6.45) is 3.69. The summed E-state index contributed by atoms with van der Waals surface area (Å²) in [5.74, 6) is -2.77. The average Bonchev–Trinajstić information content (AvgIpc) is 3.13. The topological polar surface area (TPSA) is 123 Å². The van der Waals surface area contributed by atoms with Gasteiger partial charge in [-0.25, -0.2) is 4.79 Å². The number of rotatable bonds is 8. The molecular weight excluding hydrogens is 490 g/mol. The number of ether oxygens (including phenoxy) is 3. The summed E-state index contributed by atoms with van der Waals surface area (Å²) < 4.78 is 17.2. The number of methoxy groups -OCH3 is 1. The second-order valence-corrected chi connectivity index (χ2v) is 11.0. The van der Waals surface area contributed by atoms with Gasteiger partial charge in [-0.1, -0.05) is 19.1 Å². The maximum absolute atomic E-state index is 14.0. The van der Waals surface area contributed by atoms with Crippen LogP contribution in [0, 0.1) is 16.7 Å². The third-order valence-corrected chi connectivity index (χ3v) is 8.69. The number of carbonyl (C=O) groups is 3. The monoisotopic (exact) mass is 527 g/mol. The van der Waals surface area contributed by atoms with E-state index in [0.717, 1.165) is 0 Å². The zero-order chi connectivity index (χ0) is 28.0. The lowest BCUT2D eigenvalue weighted by atomic mass is 9.53. The molecule has 2 fully saturated rings. The van der Waals surface area contributed by atoms with Crippen LogP contribution >= 0.6 is 0 Å². The van der Waals surface area contributed by atoms with Crippen LogP contribution in [0.5, 0.6) is 0 Å². The summed E-state index contributed by atoms with van der Waals surface area (Å²) in [5, 5.41) is 22.5. The molecule has 4 aliphatic rings. The van der Waals surface area contributed by atoms with Gasteiger partial charge in [-0.15, -0.1) is 13.2 Å². The molecule has 4 rings (SSSR count). The minimum Gasteiger partial charge on any atom is -0.504 e. The van der Waals surface area contributed by atoms with Crippen LogP contribution in [0.2, 0.25) is 0 Å². The third-order valence-electron chi connectivity index (χ3n) is 8.69. The molecule has 3 aliphatic carbocycles. The zero-order valence-corrected chi connectivity index (χ0v) is 22.5. The Morgan fingerprint density at radius 1 is 1.21 bits per heavy atom. The lowest BCUT2D eigenvalue weighted by molar-refractivity contribution is -0.161. The summed E-state index contributed by atoms with van der Waals surface area (Å²) >= 11 is 0. The molecule has 0 aromatic rings. The molecule has 1 saturated carbocycles. The number of carbonyl (C=O) groups excluding carboxylic acids is 3. The summed E-state index contributed by atoms with van der Waals surface area (Å²) in [6, 6.07) is 0. The average molecular weight is 528 g/mol. The van der Waals surface area contributed by atoms with E-state index >= 15 is 0 Å². The number of cyclic esters (lactones) is 1. The van der Waals surface area contributed by atoms with Gasteiger partial charge >= 0.3 is 11.9 Å². The number of aliphatic hydroxyl groups excluding tert-OH is 2. The Balaban J connectivity index is 2.01. The van der Waals surface area contributed by atoms with E-state index in [2.05, 4.69) is 13.2 Å². The predicted molar refractivity (Wildman–Crippen MR) is 139 cm³/mol. The second kappa shape index (κ2) is 10.2. The first kappa shape index (κ1) is 27.9. The highest BCUT2D eigenvalue weighted by Crippen LogP contribution is 2.63. The molecule has 0 amide bonds. The SMILES string of the molecule is C=CCN(/C=C1/C(=O)O[C@H](COC)[C@@]2(C)C1=C(O)C(=O)C1=C2[C@H](OC(C)=O)C[C@]2(C)C(O)CC[C@@H]12)CC=C. The molecule has 1 saturated heterocycles. The molecule has 0 bridgehead atoms. The first-order valence-corrected chi connectivity index (χ1v) is 12.9. The molecule has 6 atom stereocenters. The molecular formula is C29H37NO8. The number of Topliss-reactive ketones (excluding diaryl/α,β-unsaturated/α-hetero) is 1. The molecule has 9 nitrogen and oxygen atoms in total. The number of aliphatic hydroxyl groups is 2. The van der Waals surface area contributed by atoms with Crippen LogP contribution in [0.3, 0.4) is 0 Å². The highest BCUT2D eigenvalue weighted by Gasteiger charge is 2.64. The van der Waals surface area contributed by atoms with E-state index in [4.69, 9.17) is 14.2 Å². The van der Waals surface area contributed by atoms with Crippen LogP contribution in [-0.4, -0.2) is 78.0 Å². The van der Waals surface area contributed by atoms with Crippen molar-refractivity contribution in [1.29, 1.82) is 0 Å². The first-order chi connectivity index (χ1) is 17.9. The van der Waals surface area contributed by atoms with Crippen molar-refractivity contribution in [1.82, 2.24) is 4.90 Å². The van der Waals surface area contributed by atoms with Gasteiger partial charge in [0, 0.05) is 49.9 Å². The van der Waals surface area contributed by atoms with Crippen molar-refractivity contribution < 1.29 is 38.8 Å². The molecule has 2 N–H and O–H groups in total. The third kappa shape index (κ3) is 4.12. The normalized spacial score (nSPS) is 35.3. The van der Waals surface area contributed by atoms with Crippen LogP contribution < -0.4 is 0 Å². The van der Waals surface area contributed by atoms with Crippen LogP contribution in [-0.2, 0) is 28.6 Å². The van der Waals surface area contributed by atoms with E-state index in [1.165, 1.54) is 14.0 Å². The molecule has 1 aliphatic heterocycles. The van der Waals surface area contributed by atoms with E-state index in [-0.39, 0.29) is 23.7 Å². The lowest BCUT2D eigenvalue weighted by Gasteiger charge is -2.54. The highest BCUT2D eigenvalue weighted by atomic mass is 16.6. The predicted octanol–water partition coefficient (Wildman–Crippen LogP) is 2.93. The molecule has 38 heavy (non-hydrogen) atoms. The number of hydrogen-bond donors (Lipinski definition) is 2. The Morgan fingerprint density at radius 3 is 2.45 bits per heavy atom. The minimum absolute atomic E-state index is 0.0162. The van der Waals surface area contributed by atoms with Crippen molar-refractivity contribution in [2.45, 2.75) is 58.3 Å². The smallest absolute Gasteiger partial charge is 0.340 e. The van der Waals surface area contributed by atoms with Crippen molar-refractivity contribution in [3.8, 4) is 0 Å². The Hall–Kier alpha value is -3.17. The van der Waals surface area contributed by atoms with E-state index in [9.17, 15) is 24.6 Å². The fourth-order valence-electron chi connectivity index (χ4n) is 6.97. The maximum atomic E-state index is 14.0. The highest BCUT2D eigenvalue weighted by molar-refractivity contribution is 6.13. The Morgan fingerprint density at radius 2 is 1.87 bits per heavy atom. The van der Waals surface area contributed by atoms with E-state index in [1.807, 2.05) is 6.92 Å². The van der Waals surface area contributed by atoms with Crippen molar-refractivity contribution in [3.63, 3.8) is 0 Å². The van der Waals surface area contributed by atoms with Gasteiger partial charge < -0.3 is 29.3 Å². The number of hydrogen-bond acceptors (Lipinski definition) is 9. The van der Waals surface area contributed by atoms with E-state index in [0.29, 0.717) is 43.5 Å². The van der Waals surface area contributed by atoms with Crippen molar-refractivity contribution in [3.05, 3.63) is 59.6 Å². The maximum Gasteiger partial charge on any atom is 0.340 e. The molecule has 0 spiro atoms. The van der Waals surface area contributed by atoms with Gasteiger partial charge in [0.2, 0.25) is 5.78 Å². The number of allylic oxidation sites excluding steroid dienone is 1. The number of esters is 2. The quantitative estimate of drug-likeness (QED) is 0.279. The minimum atomic E-state index is -1.24. The van der Waals surface area contributed by atoms with Crippen molar-refractivity contribution >= 4 is 17.7 Å². The number of fused-ring (bicyclic) bond motifs is 4. The van der Waals surface area contributed by atoms with E-state index < -0.39 is 52.6 Å². The fraction of sp³-hybridized carbons (Fsp3) is 0.552. The van der Waals surface area contributed by atoms with Gasteiger partial charge in [0.25, 0.3) is 0 Å². The molecule has 206 valence electrons. The van der Waals surface area contributed by atoms with Crippen LogP contribution in [0.1, 0.15) is 40.0 Å². The molecule has 0 aromatic heterocycles. The Labute approximate surface area is 223 Å². The van der Waals surface area contributed by atoms with E-state index in [1.54, 1.807) is 30.2 Å². The van der Waals surface area contributed by atoms with Crippen molar-refractivity contribution in [2.75, 3.05) is 26.8 Å². The number of ketones is 1. The largest absolute Gasteiger partial charge is 0.504 e. The standard InChI is InChI=1S/C29H37NO8/c1-7-11-30(12-8-2)14-17-23-26(34)25(33)22-18-9-10-20(32)28(18,4)13-19(37-16(3)31)24(22)29(23,5)21(15-36-6)38-27(17)35/h7-8,14,18-21,32,34H,1-2,9-13,15H2,3-6H3/b17-14+/t18-,19+,20?,21+,28-,29-/m0/s1. The first-order valence-electron chi connectivity index (χ1n) is 12.9. The Bertz CT molecular complexity index is 1160. The molecule has 0 aromatic carbocycles. The van der Waals surface area contributed by atoms with Crippen LogP contribution in [0.15, 0.2) is 59.6 Å². The van der Waals surface area contributed by atoms with Gasteiger partial charge in [-0.3, -0.25) is 9.59 Å². The summed E-state index contributed by atoms with van der Waals surface area (Å²) in [5.41, 5.74) is -0.987. The van der Waals surface area contributed by atoms with Gasteiger partial charge in [0.05, 0.1) is 23.7 Å². The summed E-state index contributed by atoms with van der Waals surface area (Å²) in [4.78, 5) is 41.4. The Kier molecular flexibility index (Phi) is 7.47. The molecule has 1 heterocycles. The summed E-state index contributed by atoms with van der Waals surface area (Å²) in [6.45, 7) is 13.2. The van der Waals surface area contributed by atoms with Gasteiger partial charge in [0.1, 0.15) is 12.2 Å². The molecule has 0 radical (unpaired) electrons.